The van der Waals surface area contributed by atoms with Crippen LogP contribution in [-0.2, 0) is 27.8 Å². The van der Waals surface area contributed by atoms with Crippen LogP contribution in [0.25, 0.3) is 10.2 Å². The van der Waals surface area contributed by atoms with Gasteiger partial charge < -0.3 is 15.2 Å². The van der Waals surface area contributed by atoms with Gasteiger partial charge in [0.05, 0.1) is 16.4 Å². The van der Waals surface area contributed by atoms with Crippen LogP contribution in [0.4, 0.5) is 0 Å². The van der Waals surface area contributed by atoms with Crippen LogP contribution in [0.3, 0.4) is 0 Å². The van der Waals surface area contributed by atoms with Crippen molar-refractivity contribution in [1.29, 1.82) is 0 Å². The second kappa shape index (κ2) is 10.9. The number of aliphatic hydroxyl groups excluding tert-OH is 1. The number of amides is 1. The third-order valence-corrected chi connectivity index (χ3v) is 7.39. The average Bonchev–Trinajstić information content (AvgIpc) is 3.49. The number of fused-ring (bicyclic) bond motifs is 1. The maximum atomic E-state index is 12.8. The highest BCUT2D eigenvalue weighted by Gasteiger charge is 2.22. The lowest BCUT2D eigenvalue weighted by molar-refractivity contribution is -0.124. The van der Waals surface area contributed by atoms with Gasteiger partial charge in [0, 0.05) is 19.6 Å². The van der Waals surface area contributed by atoms with Crippen molar-refractivity contribution in [3.05, 3.63) is 66.0 Å². The lowest BCUT2D eigenvalue weighted by Gasteiger charge is -2.17. The number of carbonyl (C=O) groups excluding carboxylic acids is 1. The first kappa shape index (κ1) is 24.7. The van der Waals surface area contributed by atoms with Crippen LogP contribution in [-0.4, -0.2) is 52.6 Å². The van der Waals surface area contributed by atoms with Crippen LogP contribution >= 0.6 is 11.3 Å². The van der Waals surface area contributed by atoms with Gasteiger partial charge in [-0.1, -0.05) is 35.5 Å². The molecule has 0 saturated carbocycles. The molecular formula is C22H24N6O5S2. The Bertz CT molecular complexity index is 1400. The summed E-state index contributed by atoms with van der Waals surface area (Å²) >= 11 is 0.964. The molecule has 1 unspecified atom stereocenters. The summed E-state index contributed by atoms with van der Waals surface area (Å²) in [6, 6.07) is 14.0. The molecule has 0 radical (unpaired) electrons. The number of nitrogens with two attached hydrogens (primary N) is 1. The molecule has 4 rings (SSSR count). The number of hydrogen-bond acceptors (Lipinski definition) is 9. The van der Waals surface area contributed by atoms with E-state index in [-0.39, 0.29) is 23.5 Å². The minimum absolute atomic E-state index is 0.00881. The fraction of sp³-hybridized carbons (Fsp3) is 0.273. The number of ether oxygens (including phenoxy) is 1. The molecule has 1 atom stereocenters. The first-order valence-electron chi connectivity index (χ1n) is 10.7. The number of primary sulfonamides is 1. The first-order valence-corrected chi connectivity index (χ1v) is 13.1. The van der Waals surface area contributed by atoms with Gasteiger partial charge in [0.15, 0.2) is 0 Å². The van der Waals surface area contributed by atoms with Crippen LogP contribution in [0.1, 0.15) is 23.7 Å². The van der Waals surface area contributed by atoms with Crippen molar-refractivity contribution in [2.75, 3.05) is 13.2 Å². The molecule has 11 nitrogen and oxygen atoms in total. The summed E-state index contributed by atoms with van der Waals surface area (Å²) in [6.45, 7) is 0.445. The van der Waals surface area contributed by atoms with E-state index < -0.39 is 16.1 Å². The number of hydrogen-bond donors (Lipinski definition) is 3. The van der Waals surface area contributed by atoms with Gasteiger partial charge in [-0.2, -0.15) is 0 Å². The van der Waals surface area contributed by atoms with Gasteiger partial charge in [0.1, 0.15) is 24.1 Å². The molecule has 0 spiro atoms. The second-order valence-corrected chi connectivity index (χ2v) is 10.5. The highest BCUT2D eigenvalue weighted by molar-refractivity contribution is 7.91. The molecule has 0 aliphatic carbocycles. The van der Waals surface area contributed by atoms with Gasteiger partial charge in [-0.25, -0.2) is 23.2 Å². The van der Waals surface area contributed by atoms with Crippen molar-refractivity contribution in [2.45, 2.75) is 29.8 Å². The SMILES string of the molecule is NS(=O)(=O)c1nc2ccc(OCc3cn(C(Cc4ccccc4)C(=O)NCCCO)nn3)cc2s1. The monoisotopic (exact) mass is 516 g/mol. The zero-order chi connectivity index (χ0) is 24.8. The number of benzene rings is 2. The molecule has 0 aliphatic heterocycles. The molecule has 35 heavy (non-hydrogen) atoms. The summed E-state index contributed by atoms with van der Waals surface area (Å²) < 4.78 is 30.8. The van der Waals surface area contributed by atoms with E-state index in [0.29, 0.717) is 41.0 Å². The Labute approximate surface area is 205 Å². The van der Waals surface area contributed by atoms with Gasteiger partial charge in [-0.05, 0) is 30.2 Å². The van der Waals surface area contributed by atoms with Crippen molar-refractivity contribution in [2.24, 2.45) is 5.14 Å². The van der Waals surface area contributed by atoms with Crippen LogP contribution < -0.4 is 15.2 Å². The highest BCUT2D eigenvalue weighted by atomic mass is 32.2. The van der Waals surface area contributed by atoms with Gasteiger partial charge in [-0.3, -0.25) is 4.79 Å². The predicted molar refractivity (Wildman–Crippen MR) is 129 cm³/mol. The average molecular weight is 517 g/mol. The Balaban J connectivity index is 1.46. The van der Waals surface area contributed by atoms with Gasteiger partial charge in [0.2, 0.25) is 10.2 Å². The lowest BCUT2D eigenvalue weighted by atomic mass is 10.1. The van der Waals surface area contributed by atoms with E-state index in [1.807, 2.05) is 30.3 Å². The van der Waals surface area contributed by atoms with E-state index in [9.17, 15) is 13.2 Å². The van der Waals surface area contributed by atoms with E-state index in [1.165, 1.54) is 4.68 Å². The highest BCUT2D eigenvalue weighted by Crippen LogP contribution is 2.28. The summed E-state index contributed by atoms with van der Waals surface area (Å²) in [6.07, 6.45) is 2.54. The largest absolute Gasteiger partial charge is 0.487 e. The molecular weight excluding hydrogens is 492 g/mol. The van der Waals surface area contributed by atoms with Gasteiger partial charge in [-0.15, -0.1) is 16.4 Å². The fourth-order valence-corrected chi connectivity index (χ4v) is 5.02. The van der Waals surface area contributed by atoms with Gasteiger partial charge >= 0.3 is 0 Å². The zero-order valence-corrected chi connectivity index (χ0v) is 20.2. The van der Waals surface area contributed by atoms with Crippen molar-refractivity contribution in [1.82, 2.24) is 25.3 Å². The Hall–Kier alpha value is -3.39. The zero-order valence-electron chi connectivity index (χ0n) is 18.6. The van der Waals surface area contributed by atoms with E-state index in [1.54, 1.807) is 24.4 Å². The number of carbonyl (C=O) groups is 1. The molecule has 4 N–H and O–H groups in total. The molecule has 184 valence electrons. The standard InChI is InChI=1S/C22H24N6O5S2/c23-35(31,32)22-25-18-8-7-17(12-20(18)34-22)33-14-16-13-28(27-26-16)19(21(30)24-9-4-10-29)11-15-5-2-1-3-6-15/h1-3,5-8,12-13,19,29H,4,9-11,14H2,(H,24,30)(H2,23,31,32). The summed E-state index contributed by atoms with van der Waals surface area (Å²) in [4.78, 5) is 16.9. The Morgan fingerprint density at radius 3 is 2.77 bits per heavy atom. The van der Waals surface area contributed by atoms with E-state index in [2.05, 4.69) is 20.6 Å². The molecule has 2 aromatic carbocycles. The third-order valence-electron chi connectivity index (χ3n) is 5.06. The number of thiazole rings is 1. The Morgan fingerprint density at radius 2 is 2.03 bits per heavy atom. The van der Waals surface area contributed by atoms with Crippen molar-refractivity contribution in [3.63, 3.8) is 0 Å². The molecule has 0 saturated heterocycles. The normalized spacial score (nSPS) is 12.5. The topological polar surface area (TPSA) is 162 Å². The van der Waals surface area contributed by atoms with Gasteiger partial charge in [0.25, 0.3) is 10.0 Å². The summed E-state index contributed by atoms with van der Waals surface area (Å²) in [5.74, 6) is 0.278. The first-order chi connectivity index (χ1) is 16.8. The van der Waals surface area contributed by atoms with Crippen molar-refractivity contribution < 1.29 is 23.1 Å². The van der Waals surface area contributed by atoms with Crippen LogP contribution in [0, 0.1) is 0 Å². The fourth-order valence-electron chi connectivity index (χ4n) is 3.34. The molecule has 0 aliphatic rings. The number of rotatable bonds is 11. The minimum Gasteiger partial charge on any atom is -0.487 e. The molecule has 13 heteroatoms. The minimum atomic E-state index is -3.88. The van der Waals surface area contributed by atoms with Crippen LogP contribution in [0.15, 0.2) is 59.1 Å². The smallest absolute Gasteiger partial charge is 0.265 e. The number of aliphatic hydroxyl groups is 1. The molecule has 2 heterocycles. The predicted octanol–water partition coefficient (Wildman–Crippen LogP) is 1.40. The van der Waals surface area contributed by atoms with Crippen molar-refractivity contribution >= 4 is 37.5 Å². The number of nitrogens with zero attached hydrogens (tertiary/aromatic N) is 4. The summed E-state index contributed by atoms with van der Waals surface area (Å²) in [7, 11) is -3.88. The summed E-state index contributed by atoms with van der Waals surface area (Å²) in [5, 5.41) is 25.2. The maximum Gasteiger partial charge on any atom is 0.265 e. The molecule has 2 aromatic heterocycles. The van der Waals surface area contributed by atoms with Crippen LogP contribution in [0.5, 0.6) is 5.75 Å². The summed E-state index contributed by atoms with van der Waals surface area (Å²) in [5.41, 5.74) is 1.99. The number of sulfonamides is 1. The Morgan fingerprint density at radius 1 is 1.23 bits per heavy atom. The third kappa shape index (κ3) is 6.39. The van der Waals surface area contributed by atoms with E-state index >= 15 is 0 Å². The Kier molecular flexibility index (Phi) is 7.70. The number of aromatic nitrogens is 4. The van der Waals surface area contributed by atoms with Crippen LogP contribution in [0.2, 0.25) is 0 Å². The maximum absolute atomic E-state index is 12.8. The number of nitrogens with one attached hydrogen (secondary N) is 1. The van der Waals surface area contributed by atoms with E-state index in [0.717, 1.165) is 16.9 Å². The molecule has 0 fully saturated rings. The molecule has 4 aromatic rings. The molecule has 0 bridgehead atoms. The lowest BCUT2D eigenvalue weighted by Crippen LogP contribution is -2.35. The quantitative estimate of drug-likeness (QED) is 0.252. The molecule has 1 amide bonds. The van der Waals surface area contributed by atoms with Crippen molar-refractivity contribution in [3.8, 4) is 5.75 Å². The second-order valence-electron chi connectivity index (χ2n) is 7.71. The van der Waals surface area contributed by atoms with E-state index in [4.69, 9.17) is 15.0 Å².